The SMILES string of the molecule is COP(=O)(CC(=O)C=C(C)C)OC. The molecule has 0 N–H and O–H groups in total. The normalized spacial score (nSPS) is 11.1. The van der Waals surface area contributed by atoms with Gasteiger partial charge in [0.15, 0.2) is 5.78 Å². The average Bonchev–Trinajstić information content (AvgIpc) is 2.02. The van der Waals surface area contributed by atoms with Crippen LogP contribution in [0.15, 0.2) is 11.6 Å². The smallest absolute Gasteiger partial charge is 0.312 e. The number of carbonyl (C=O) groups is 1. The molecule has 13 heavy (non-hydrogen) atoms. The zero-order valence-corrected chi connectivity index (χ0v) is 9.26. The van der Waals surface area contributed by atoms with Crippen LogP contribution in [0.5, 0.6) is 0 Å². The molecule has 0 aliphatic carbocycles. The number of hydrogen-bond donors (Lipinski definition) is 0. The number of hydrogen-bond acceptors (Lipinski definition) is 4. The Balaban J connectivity index is 4.36. The van der Waals surface area contributed by atoms with Crippen LogP contribution in [0.2, 0.25) is 0 Å². The topological polar surface area (TPSA) is 52.6 Å². The molecule has 0 aromatic carbocycles. The minimum Gasteiger partial charge on any atom is -0.312 e. The van der Waals surface area contributed by atoms with Crippen LogP contribution in [-0.4, -0.2) is 26.2 Å². The summed E-state index contributed by atoms with van der Waals surface area (Å²) in [5.74, 6) is -0.243. The highest BCUT2D eigenvalue weighted by Crippen LogP contribution is 2.46. The van der Waals surface area contributed by atoms with Gasteiger partial charge in [0.1, 0.15) is 6.16 Å². The Labute approximate surface area is 78.5 Å². The second-order valence-electron chi connectivity index (χ2n) is 2.82. The van der Waals surface area contributed by atoms with Crippen molar-refractivity contribution in [2.75, 3.05) is 20.4 Å². The number of rotatable bonds is 5. The van der Waals surface area contributed by atoms with Crippen LogP contribution in [0.3, 0.4) is 0 Å². The molecule has 0 radical (unpaired) electrons. The first kappa shape index (κ1) is 12.6. The molecular formula is C8H15O4P. The highest BCUT2D eigenvalue weighted by molar-refractivity contribution is 7.54. The molecule has 4 nitrogen and oxygen atoms in total. The van der Waals surface area contributed by atoms with Gasteiger partial charge >= 0.3 is 7.60 Å². The molecule has 0 saturated heterocycles. The molecular weight excluding hydrogens is 191 g/mol. The van der Waals surface area contributed by atoms with E-state index in [4.69, 9.17) is 0 Å². The quantitative estimate of drug-likeness (QED) is 0.510. The fourth-order valence-corrected chi connectivity index (χ4v) is 1.64. The van der Waals surface area contributed by atoms with Crippen molar-refractivity contribution in [2.24, 2.45) is 0 Å². The lowest BCUT2D eigenvalue weighted by Gasteiger charge is -2.10. The third kappa shape index (κ3) is 4.98. The maximum Gasteiger partial charge on any atom is 0.337 e. The summed E-state index contributed by atoms with van der Waals surface area (Å²) in [6, 6.07) is 0. The molecule has 0 fully saturated rings. The van der Waals surface area contributed by atoms with Crippen LogP contribution in [0.25, 0.3) is 0 Å². The molecule has 0 rings (SSSR count). The Hall–Kier alpha value is -0.440. The van der Waals surface area contributed by atoms with E-state index in [0.717, 1.165) is 5.57 Å². The van der Waals surface area contributed by atoms with Crippen LogP contribution in [0.1, 0.15) is 13.8 Å². The first-order valence-electron chi connectivity index (χ1n) is 3.82. The molecule has 5 heteroatoms. The van der Waals surface area contributed by atoms with Crippen molar-refractivity contribution in [3.63, 3.8) is 0 Å². The van der Waals surface area contributed by atoms with E-state index in [0.29, 0.717) is 0 Å². The molecule has 76 valence electrons. The van der Waals surface area contributed by atoms with Gasteiger partial charge in [-0.3, -0.25) is 9.36 Å². The number of ketones is 1. The van der Waals surface area contributed by atoms with Crippen LogP contribution in [0, 0.1) is 0 Å². The molecule has 0 heterocycles. The van der Waals surface area contributed by atoms with Gasteiger partial charge in [-0.15, -0.1) is 0 Å². The van der Waals surface area contributed by atoms with E-state index in [2.05, 4.69) is 9.05 Å². The van der Waals surface area contributed by atoms with Gasteiger partial charge in [-0.25, -0.2) is 0 Å². The predicted octanol–water partition coefficient (Wildman–Crippen LogP) is 2.01. The van der Waals surface area contributed by atoms with E-state index in [9.17, 15) is 9.36 Å². The summed E-state index contributed by atoms with van der Waals surface area (Å²) in [6.45, 7) is 3.59. The Morgan fingerprint density at radius 2 is 1.77 bits per heavy atom. The van der Waals surface area contributed by atoms with Crippen molar-refractivity contribution >= 4 is 13.4 Å². The monoisotopic (exact) mass is 206 g/mol. The number of allylic oxidation sites excluding steroid dienone is 2. The summed E-state index contributed by atoms with van der Waals surface area (Å²) in [4.78, 5) is 11.2. The maximum absolute atomic E-state index is 11.4. The first-order valence-corrected chi connectivity index (χ1v) is 5.54. The van der Waals surface area contributed by atoms with E-state index in [1.54, 1.807) is 13.8 Å². The van der Waals surface area contributed by atoms with E-state index >= 15 is 0 Å². The molecule has 0 aliphatic heterocycles. The summed E-state index contributed by atoms with van der Waals surface area (Å²) in [5.41, 5.74) is 0.865. The van der Waals surface area contributed by atoms with Crippen LogP contribution in [-0.2, 0) is 18.4 Å². The molecule has 0 saturated carbocycles. The molecule has 0 atom stereocenters. The molecule has 0 amide bonds. The third-order valence-electron chi connectivity index (χ3n) is 1.36. The highest BCUT2D eigenvalue weighted by atomic mass is 31.2. The van der Waals surface area contributed by atoms with Gasteiger partial charge in [0.05, 0.1) is 0 Å². The van der Waals surface area contributed by atoms with E-state index < -0.39 is 7.60 Å². The average molecular weight is 206 g/mol. The lowest BCUT2D eigenvalue weighted by molar-refractivity contribution is -0.112. The van der Waals surface area contributed by atoms with Crippen LogP contribution >= 0.6 is 7.60 Å². The van der Waals surface area contributed by atoms with Crippen molar-refractivity contribution in [2.45, 2.75) is 13.8 Å². The third-order valence-corrected chi connectivity index (χ3v) is 3.17. The van der Waals surface area contributed by atoms with Gasteiger partial charge in [-0.2, -0.15) is 0 Å². The summed E-state index contributed by atoms with van der Waals surface area (Å²) in [5, 5.41) is 0. The summed E-state index contributed by atoms with van der Waals surface area (Å²) in [6.07, 6.45) is 1.22. The lowest BCUT2D eigenvalue weighted by atomic mass is 10.3. The van der Waals surface area contributed by atoms with Gasteiger partial charge in [0.2, 0.25) is 0 Å². The Kier molecular flexibility index (Phi) is 5.14. The molecule has 0 spiro atoms. The molecule has 0 bridgehead atoms. The lowest BCUT2D eigenvalue weighted by Crippen LogP contribution is -2.05. The second kappa shape index (κ2) is 5.32. The van der Waals surface area contributed by atoms with Crippen molar-refractivity contribution in [1.29, 1.82) is 0 Å². The summed E-state index contributed by atoms with van der Waals surface area (Å²) in [7, 11) is -0.660. The van der Waals surface area contributed by atoms with Gasteiger partial charge < -0.3 is 9.05 Å². The summed E-state index contributed by atoms with van der Waals surface area (Å²) < 4.78 is 20.7. The van der Waals surface area contributed by atoms with Gasteiger partial charge in [0, 0.05) is 14.2 Å². The van der Waals surface area contributed by atoms with E-state index in [1.165, 1.54) is 20.3 Å². The van der Waals surface area contributed by atoms with Gasteiger partial charge in [-0.05, 0) is 19.9 Å². The molecule has 0 unspecified atom stereocenters. The largest absolute Gasteiger partial charge is 0.337 e. The molecule has 0 aliphatic rings. The standard InChI is InChI=1S/C8H15O4P/c1-7(2)5-8(9)6-13(10,11-3)12-4/h5H,6H2,1-4H3. The maximum atomic E-state index is 11.4. The summed E-state index contributed by atoms with van der Waals surface area (Å²) >= 11 is 0. The van der Waals surface area contributed by atoms with Gasteiger partial charge in [0.25, 0.3) is 0 Å². The van der Waals surface area contributed by atoms with E-state index in [-0.39, 0.29) is 11.9 Å². The first-order chi connectivity index (χ1) is 5.93. The highest BCUT2D eigenvalue weighted by Gasteiger charge is 2.23. The minimum absolute atomic E-state index is 0.203. The Morgan fingerprint density at radius 3 is 2.08 bits per heavy atom. The zero-order valence-electron chi connectivity index (χ0n) is 8.36. The Morgan fingerprint density at radius 1 is 1.31 bits per heavy atom. The van der Waals surface area contributed by atoms with Crippen molar-refractivity contribution < 1.29 is 18.4 Å². The van der Waals surface area contributed by atoms with Crippen molar-refractivity contribution in [3.05, 3.63) is 11.6 Å². The van der Waals surface area contributed by atoms with Gasteiger partial charge in [-0.1, -0.05) is 5.57 Å². The van der Waals surface area contributed by atoms with Crippen LogP contribution in [0.4, 0.5) is 0 Å². The Bertz CT molecular complexity index is 245. The predicted molar refractivity (Wildman–Crippen MR) is 50.9 cm³/mol. The van der Waals surface area contributed by atoms with Crippen molar-refractivity contribution in [1.82, 2.24) is 0 Å². The second-order valence-corrected chi connectivity index (χ2v) is 5.09. The van der Waals surface area contributed by atoms with Crippen molar-refractivity contribution in [3.8, 4) is 0 Å². The fraction of sp³-hybridized carbons (Fsp3) is 0.625. The molecule has 0 aromatic heterocycles. The fourth-order valence-electron chi connectivity index (χ4n) is 0.762. The zero-order chi connectivity index (χ0) is 10.5. The number of carbonyl (C=O) groups excluding carboxylic acids is 1. The minimum atomic E-state index is -3.19. The van der Waals surface area contributed by atoms with Crippen LogP contribution < -0.4 is 0 Å². The molecule has 0 aromatic rings. The van der Waals surface area contributed by atoms with E-state index in [1.807, 2.05) is 0 Å².